The third-order valence-corrected chi connectivity index (χ3v) is 5.32. The van der Waals surface area contributed by atoms with Crippen LogP contribution in [-0.4, -0.2) is 12.8 Å². The van der Waals surface area contributed by atoms with Gasteiger partial charge in [0.2, 0.25) is 0 Å². The number of rotatable bonds is 6. The molecule has 110 valence electrons. The van der Waals surface area contributed by atoms with Crippen LogP contribution in [0.2, 0.25) is 0 Å². The van der Waals surface area contributed by atoms with Gasteiger partial charge in [-0.15, -0.1) is 11.8 Å². The highest BCUT2D eigenvalue weighted by molar-refractivity contribution is 7.99. The number of benzene rings is 2. The SMILES string of the molecule is CCSc1ccc(C(CC2Cc3ccccc32)NC)cc1. The molecular weight excluding hydrogens is 274 g/mol. The third-order valence-electron chi connectivity index (χ3n) is 4.42. The number of nitrogens with one attached hydrogen (secondary N) is 1. The zero-order valence-corrected chi connectivity index (χ0v) is 13.6. The highest BCUT2D eigenvalue weighted by Crippen LogP contribution is 2.40. The maximum absolute atomic E-state index is 3.49. The lowest BCUT2D eigenvalue weighted by Crippen LogP contribution is -2.24. The van der Waals surface area contributed by atoms with E-state index < -0.39 is 0 Å². The molecule has 0 fully saturated rings. The van der Waals surface area contributed by atoms with E-state index in [-0.39, 0.29) is 0 Å². The molecule has 0 aliphatic heterocycles. The molecule has 21 heavy (non-hydrogen) atoms. The average molecular weight is 297 g/mol. The molecule has 1 aliphatic rings. The zero-order valence-electron chi connectivity index (χ0n) is 12.8. The Morgan fingerprint density at radius 1 is 1.14 bits per heavy atom. The minimum absolute atomic E-state index is 0.448. The molecule has 0 saturated heterocycles. The molecule has 0 saturated carbocycles. The summed E-state index contributed by atoms with van der Waals surface area (Å²) in [5.41, 5.74) is 4.49. The molecule has 0 heterocycles. The van der Waals surface area contributed by atoms with Gasteiger partial charge in [-0.25, -0.2) is 0 Å². The number of hydrogen-bond donors (Lipinski definition) is 1. The quantitative estimate of drug-likeness (QED) is 0.769. The molecule has 2 atom stereocenters. The van der Waals surface area contributed by atoms with Crippen molar-refractivity contribution in [2.45, 2.75) is 36.6 Å². The van der Waals surface area contributed by atoms with Crippen LogP contribution in [0.3, 0.4) is 0 Å². The maximum atomic E-state index is 3.49. The molecule has 2 unspecified atom stereocenters. The van der Waals surface area contributed by atoms with Gasteiger partial charge in [0.25, 0.3) is 0 Å². The van der Waals surface area contributed by atoms with Crippen molar-refractivity contribution in [3.8, 4) is 0 Å². The molecule has 0 bridgehead atoms. The van der Waals surface area contributed by atoms with Crippen molar-refractivity contribution in [2.75, 3.05) is 12.8 Å². The molecule has 2 aromatic carbocycles. The van der Waals surface area contributed by atoms with Gasteiger partial charge in [0.1, 0.15) is 0 Å². The van der Waals surface area contributed by atoms with E-state index in [1.54, 1.807) is 5.56 Å². The van der Waals surface area contributed by atoms with E-state index in [9.17, 15) is 0 Å². The fourth-order valence-corrected chi connectivity index (χ4v) is 3.90. The Labute approximate surface area is 132 Å². The van der Waals surface area contributed by atoms with Gasteiger partial charge in [-0.3, -0.25) is 0 Å². The van der Waals surface area contributed by atoms with Gasteiger partial charge in [0.15, 0.2) is 0 Å². The summed E-state index contributed by atoms with van der Waals surface area (Å²) in [6, 6.07) is 18.4. The Balaban J connectivity index is 1.68. The zero-order chi connectivity index (χ0) is 14.7. The Bertz CT molecular complexity index is 591. The Morgan fingerprint density at radius 2 is 1.90 bits per heavy atom. The molecule has 0 spiro atoms. The van der Waals surface area contributed by atoms with Gasteiger partial charge >= 0.3 is 0 Å². The lowest BCUT2D eigenvalue weighted by atomic mass is 9.74. The third kappa shape index (κ3) is 3.17. The van der Waals surface area contributed by atoms with Crippen LogP contribution < -0.4 is 5.32 Å². The largest absolute Gasteiger partial charge is 0.313 e. The number of fused-ring (bicyclic) bond motifs is 1. The highest BCUT2D eigenvalue weighted by atomic mass is 32.2. The van der Waals surface area contributed by atoms with Crippen molar-refractivity contribution < 1.29 is 0 Å². The first-order valence-electron chi connectivity index (χ1n) is 7.79. The van der Waals surface area contributed by atoms with Gasteiger partial charge in [0.05, 0.1) is 0 Å². The van der Waals surface area contributed by atoms with Crippen molar-refractivity contribution in [2.24, 2.45) is 0 Å². The monoisotopic (exact) mass is 297 g/mol. The summed E-state index contributed by atoms with van der Waals surface area (Å²) in [5, 5.41) is 3.49. The van der Waals surface area contributed by atoms with Gasteiger partial charge in [0, 0.05) is 10.9 Å². The summed E-state index contributed by atoms with van der Waals surface area (Å²) in [5.74, 6) is 1.84. The molecule has 0 aromatic heterocycles. The van der Waals surface area contributed by atoms with Crippen LogP contribution in [0.4, 0.5) is 0 Å². The minimum Gasteiger partial charge on any atom is -0.313 e. The average Bonchev–Trinajstić information content (AvgIpc) is 2.50. The van der Waals surface area contributed by atoms with Crippen LogP contribution in [0.25, 0.3) is 0 Å². The Hall–Kier alpha value is -1.25. The topological polar surface area (TPSA) is 12.0 Å². The van der Waals surface area contributed by atoms with E-state index in [4.69, 9.17) is 0 Å². The molecule has 2 aromatic rings. The fourth-order valence-electron chi connectivity index (χ4n) is 3.24. The normalized spacial score (nSPS) is 17.9. The van der Waals surface area contributed by atoms with Crippen LogP contribution >= 0.6 is 11.8 Å². The van der Waals surface area contributed by atoms with Crippen molar-refractivity contribution in [3.63, 3.8) is 0 Å². The van der Waals surface area contributed by atoms with E-state index in [1.807, 2.05) is 11.8 Å². The van der Waals surface area contributed by atoms with E-state index in [2.05, 4.69) is 67.8 Å². The van der Waals surface area contributed by atoms with E-state index >= 15 is 0 Å². The molecule has 0 amide bonds. The smallest absolute Gasteiger partial charge is 0.0323 e. The minimum atomic E-state index is 0.448. The van der Waals surface area contributed by atoms with Crippen molar-refractivity contribution in [1.82, 2.24) is 5.32 Å². The van der Waals surface area contributed by atoms with E-state index in [0.717, 1.165) is 5.75 Å². The van der Waals surface area contributed by atoms with Crippen LogP contribution in [0.15, 0.2) is 53.4 Å². The lowest BCUT2D eigenvalue weighted by molar-refractivity contribution is 0.452. The van der Waals surface area contributed by atoms with Crippen molar-refractivity contribution >= 4 is 11.8 Å². The summed E-state index contributed by atoms with van der Waals surface area (Å²) in [6.07, 6.45) is 2.42. The van der Waals surface area contributed by atoms with E-state index in [1.165, 1.54) is 28.9 Å². The standard InChI is InChI=1S/C19H23NS/c1-3-21-17-10-8-14(9-11-17)19(20-2)13-16-12-15-6-4-5-7-18(15)16/h4-11,16,19-20H,3,12-13H2,1-2H3. The van der Waals surface area contributed by atoms with Gasteiger partial charge in [-0.1, -0.05) is 43.3 Å². The second kappa shape index (κ2) is 6.67. The first-order valence-corrected chi connectivity index (χ1v) is 8.78. The first kappa shape index (κ1) is 14.7. The number of hydrogen-bond acceptors (Lipinski definition) is 2. The molecule has 3 rings (SSSR count). The van der Waals surface area contributed by atoms with Crippen LogP contribution in [0, 0.1) is 0 Å². The van der Waals surface area contributed by atoms with E-state index in [0.29, 0.717) is 12.0 Å². The summed E-state index contributed by atoms with van der Waals surface area (Å²) >= 11 is 1.90. The predicted octanol–water partition coefficient (Wildman–Crippen LogP) is 4.79. The summed E-state index contributed by atoms with van der Waals surface area (Å²) < 4.78 is 0. The number of thioether (sulfide) groups is 1. The molecule has 1 aliphatic carbocycles. The molecule has 0 radical (unpaired) electrons. The molecular formula is C19H23NS. The van der Waals surface area contributed by atoms with Crippen LogP contribution in [0.1, 0.15) is 42.0 Å². The fraction of sp³-hybridized carbons (Fsp3) is 0.368. The second-order valence-corrected chi connectivity index (χ2v) is 7.02. The summed E-state index contributed by atoms with van der Waals surface area (Å²) in [7, 11) is 2.07. The Kier molecular flexibility index (Phi) is 4.67. The van der Waals surface area contributed by atoms with Gasteiger partial charge in [-0.2, -0.15) is 0 Å². The van der Waals surface area contributed by atoms with Crippen molar-refractivity contribution in [1.29, 1.82) is 0 Å². The highest BCUT2D eigenvalue weighted by Gasteiger charge is 2.28. The first-order chi connectivity index (χ1) is 10.3. The maximum Gasteiger partial charge on any atom is 0.0323 e. The Morgan fingerprint density at radius 3 is 2.57 bits per heavy atom. The second-order valence-electron chi connectivity index (χ2n) is 5.68. The van der Waals surface area contributed by atoms with Gasteiger partial charge in [-0.05, 0) is 60.4 Å². The molecule has 1 nitrogen and oxygen atoms in total. The van der Waals surface area contributed by atoms with Gasteiger partial charge < -0.3 is 5.32 Å². The summed E-state index contributed by atoms with van der Waals surface area (Å²) in [4.78, 5) is 1.37. The van der Waals surface area contributed by atoms with Crippen LogP contribution in [-0.2, 0) is 6.42 Å². The lowest BCUT2D eigenvalue weighted by Gasteiger charge is -2.33. The molecule has 2 heteroatoms. The van der Waals surface area contributed by atoms with Crippen molar-refractivity contribution in [3.05, 3.63) is 65.2 Å². The van der Waals surface area contributed by atoms with Crippen LogP contribution in [0.5, 0.6) is 0 Å². The molecule has 1 N–H and O–H groups in total. The summed E-state index contributed by atoms with van der Waals surface area (Å²) in [6.45, 7) is 2.20. The predicted molar refractivity (Wildman–Crippen MR) is 92.1 cm³/mol.